The molecule has 0 radical (unpaired) electrons. The Balaban J connectivity index is 2.12. The molecule has 0 atom stereocenters. The van der Waals surface area contributed by atoms with Crippen molar-refractivity contribution in [3.8, 4) is 10.7 Å². The van der Waals surface area contributed by atoms with Gasteiger partial charge in [0.2, 0.25) is 0 Å². The molecule has 3 rings (SSSR count). The van der Waals surface area contributed by atoms with Gasteiger partial charge in [0, 0.05) is 19.0 Å². The lowest BCUT2D eigenvalue weighted by molar-refractivity contribution is 0.109. The van der Waals surface area contributed by atoms with Gasteiger partial charge in [-0.2, -0.15) is 0 Å². The second-order valence-electron chi connectivity index (χ2n) is 3.85. The van der Waals surface area contributed by atoms with Crippen LogP contribution in [0.4, 0.5) is 5.82 Å². The first kappa shape index (κ1) is 10.7. The maximum Gasteiger partial charge on any atom is 0.171 e. The molecule has 0 saturated carbocycles. The van der Waals surface area contributed by atoms with Gasteiger partial charge in [-0.1, -0.05) is 6.07 Å². The van der Waals surface area contributed by atoms with Gasteiger partial charge in [0.05, 0.1) is 23.8 Å². The van der Waals surface area contributed by atoms with Gasteiger partial charge in [-0.15, -0.1) is 11.3 Å². The van der Waals surface area contributed by atoms with Crippen molar-refractivity contribution in [2.45, 2.75) is 13.0 Å². The zero-order chi connectivity index (χ0) is 11.7. The van der Waals surface area contributed by atoms with Gasteiger partial charge < -0.3 is 10.1 Å². The highest BCUT2D eigenvalue weighted by atomic mass is 32.1. The Kier molecular flexibility index (Phi) is 2.78. The first-order chi connectivity index (χ1) is 8.38. The lowest BCUT2D eigenvalue weighted by Gasteiger charge is -2.18. The summed E-state index contributed by atoms with van der Waals surface area (Å²) in [4.78, 5) is 10.3. The van der Waals surface area contributed by atoms with Crippen LogP contribution in [0.2, 0.25) is 0 Å². The third kappa shape index (κ3) is 1.92. The van der Waals surface area contributed by atoms with Crippen LogP contribution in [0.1, 0.15) is 11.3 Å². The van der Waals surface area contributed by atoms with Gasteiger partial charge in [-0.05, 0) is 11.4 Å². The van der Waals surface area contributed by atoms with Crippen LogP contribution in [0, 0.1) is 0 Å². The number of hydrogen-bond acceptors (Lipinski definition) is 5. The Morgan fingerprint density at radius 2 is 2.35 bits per heavy atom. The summed E-state index contributed by atoms with van der Waals surface area (Å²) in [5.74, 6) is 1.70. The van der Waals surface area contributed by atoms with Crippen LogP contribution in [0.5, 0.6) is 0 Å². The van der Waals surface area contributed by atoms with E-state index in [4.69, 9.17) is 4.74 Å². The third-order valence-corrected chi connectivity index (χ3v) is 3.67. The quantitative estimate of drug-likeness (QED) is 0.884. The smallest absolute Gasteiger partial charge is 0.171 e. The molecule has 17 heavy (non-hydrogen) atoms. The van der Waals surface area contributed by atoms with Gasteiger partial charge in [-0.3, -0.25) is 0 Å². The fourth-order valence-corrected chi connectivity index (χ4v) is 2.61. The molecule has 1 N–H and O–H groups in total. The molecule has 0 saturated heterocycles. The summed E-state index contributed by atoms with van der Waals surface area (Å²) in [6.07, 6.45) is 0.866. The Bertz CT molecular complexity index is 508. The van der Waals surface area contributed by atoms with Crippen LogP contribution in [0.15, 0.2) is 17.5 Å². The van der Waals surface area contributed by atoms with Crippen molar-refractivity contribution in [3.05, 3.63) is 28.8 Å². The first-order valence-electron chi connectivity index (χ1n) is 5.57. The van der Waals surface area contributed by atoms with E-state index >= 15 is 0 Å². The fraction of sp³-hybridized carbons (Fsp3) is 0.333. The fourth-order valence-electron chi connectivity index (χ4n) is 1.95. The number of anilines is 1. The molecule has 0 amide bonds. The van der Waals surface area contributed by atoms with Crippen molar-refractivity contribution in [3.63, 3.8) is 0 Å². The SMILES string of the molecule is CNc1nc(-c2cccs2)nc2c1COCC2. The van der Waals surface area contributed by atoms with Crippen molar-refractivity contribution in [1.29, 1.82) is 0 Å². The van der Waals surface area contributed by atoms with Crippen molar-refractivity contribution in [2.24, 2.45) is 0 Å². The average molecular weight is 247 g/mol. The first-order valence-corrected chi connectivity index (χ1v) is 6.45. The zero-order valence-corrected chi connectivity index (χ0v) is 10.4. The highest BCUT2D eigenvalue weighted by molar-refractivity contribution is 7.13. The van der Waals surface area contributed by atoms with Gasteiger partial charge in [-0.25, -0.2) is 9.97 Å². The molecule has 4 nitrogen and oxygen atoms in total. The van der Waals surface area contributed by atoms with E-state index in [2.05, 4.69) is 15.3 Å². The molecule has 1 aliphatic heterocycles. The summed E-state index contributed by atoms with van der Waals surface area (Å²) in [6.45, 7) is 1.35. The Morgan fingerprint density at radius 1 is 1.41 bits per heavy atom. The molecule has 2 aromatic rings. The summed E-state index contributed by atoms with van der Waals surface area (Å²) < 4.78 is 5.45. The van der Waals surface area contributed by atoms with E-state index in [9.17, 15) is 0 Å². The highest BCUT2D eigenvalue weighted by Gasteiger charge is 2.18. The number of nitrogens with one attached hydrogen (secondary N) is 1. The van der Waals surface area contributed by atoms with Gasteiger partial charge >= 0.3 is 0 Å². The van der Waals surface area contributed by atoms with Crippen LogP contribution in [0.3, 0.4) is 0 Å². The van der Waals surface area contributed by atoms with Crippen molar-refractivity contribution < 1.29 is 4.74 Å². The minimum absolute atomic E-state index is 0.607. The van der Waals surface area contributed by atoms with Crippen LogP contribution in [-0.4, -0.2) is 23.6 Å². The van der Waals surface area contributed by atoms with E-state index in [1.807, 2.05) is 24.6 Å². The number of nitrogens with zero attached hydrogens (tertiary/aromatic N) is 2. The van der Waals surface area contributed by atoms with E-state index in [1.54, 1.807) is 11.3 Å². The molecular weight excluding hydrogens is 234 g/mol. The predicted octanol–water partition coefficient (Wildman–Crippen LogP) is 2.32. The molecule has 0 unspecified atom stereocenters. The van der Waals surface area contributed by atoms with E-state index < -0.39 is 0 Å². The second-order valence-corrected chi connectivity index (χ2v) is 4.80. The standard InChI is InChI=1S/C12H13N3OS/c1-13-11-8-7-16-5-4-9(8)14-12(15-11)10-3-2-6-17-10/h2-3,6H,4-5,7H2,1H3,(H,13,14,15). The molecular formula is C12H13N3OS. The molecule has 5 heteroatoms. The molecule has 0 aliphatic carbocycles. The van der Waals surface area contributed by atoms with Crippen molar-refractivity contribution in [1.82, 2.24) is 9.97 Å². The molecule has 0 fully saturated rings. The lowest BCUT2D eigenvalue weighted by atomic mass is 10.1. The molecule has 2 aromatic heterocycles. The minimum Gasteiger partial charge on any atom is -0.376 e. The largest absolute Gasteiger partial charge is 0.376 e. The van der Waals surface area contributed by atoms with Crippen LogP contribution < -0.4 is 5.32 Å². The van der Waals surface area contributed by atoms with E-state index in [0.717, 1.165) is 40.8 Å². The average Bonchev–Trinajstić information content (AvgIpc) is 2.91. The maximum absolute atomic E-state index is 5.45. The number of fused-ring (bicyclic) bond motifs is 1. The van der Waals surface area contributed by atoms with E-state index in [-0.39, 0.29) is 0 Å². The number of ether oxygens (including phenoxy) is 1. The number of thiophene rings is 1. The van der Waals surface area contributed by atoms with Crippen LogP contribution in [0.25, 0.3) is 10.7 Å². The van der Waals surface area contributed by atoms with Crippen LogP contribution in [-0.2, 0) is 17.8 Å². The zero-order valence-electron chi connectivity index (χ0n) is 9.56. The molecule has 88 valence electrons. The van der Waals surface area contributed by atoms with Crippen molar-refractivity contribution in [2.75, 3.05) is 19.0 Å². The number of rotatable bonds is 2. The Hall–Kier alpha value is -1.46. The summed E-state index contributed by atoms with van der Waals surface area (Å²) >= 11 is 1.66. The summed E-state index contributed by atoms with van der Waals surface area (Å²) in [5, 5.41) is 5.17. The number of hydrogen-bond donors (Lipinski definition) is 1. The number of aromatic nitrogens is 2. The topological polar surface area (TPSA) is 47.0 Å². The van der Waals surface area contributed by atoms with E-state index in [1.165, 1.54) is 0 Å². The molecule has 0 spiro atoms. The normalized spacial score (nSPS) is 14.4. The second kappa shape index (κ2) is 4.43. The third-order valence-electron chi connectivity index (χ3n) is 2.80. The molecule has 3 heterocycles. The van der Waals surface area contributed by atoms with Crippen molar-refractivity contribution >= 4 is 17.2 Å². The van der Waals surface area contributed by atoms with Crippen LogP contribution >= 0.6 is 11.3 Å². The monoisotopic (exact) mass is 247 g/mol. The predicted molar refractivity (Wildman–Crippen MR) is 68.3 cm³/mol. The Labute approximate surface area is 104 Å². The highest BCUT2D eigenvalue weighted by Crippen LogP contribution is 2.27. The molecule has 1 aliphatic rings. The van der Waals surface area contributed by atoms with E-state index in [0.29, 0.717) is 6.61 Å². The maximum atomic E-state index is 5.45. The molecule has 0 aromatic carbocycles. The summed E-state index contributed by atoms with van der Waals surface area (Å²) in [5.41, 5.74) is 2.21. The molecule has 0 bridgehead atoms. The van der Waals surface area contributed by atoms with Gasteiger partial charge in [0.15, 0.2) is 5.82 Å². The summed E-state index contributed by atoms with van der Waals surface area (Å²) in [6, 6.07) is 4.07. The summed E-state index contributed by atoms with van der Waals surface area (Å²) in [7, 11) is 1.88. The van der Waals surface area contributed by atoms with Gasteiger partial charge in [0.1, 0.15) is 5.82 Å². The lowest BCUT2D eigenvalue weighted by Crippen LogP contribution is -2.15. The van der Waals surface area contributed by atoms with Gasteiger partial charge in [0.25, 0.3) is 0 Å². The Morgan fingerprint density at radius 3 is 3.12 bits per heavy atom. The minimum atomic E-state index is 0.607.